The van der Waals surface area contributed by atoms with Gasteiger partial charge in [0.2, 0.25) is 0 Å². The summed E-state index contributed by atoms with van der Waals surface area (Å²) < 4.78 is 5.70. The normalized spacial score (nSPS) is 21.3. The van der Waals surface area contributed by atoms with E-state index in [9.17, 15) is 5.11 Å². The Hall–Kier alpha value is -1.06. The number of anilines is 1. The fraction of sp³-hybridized carbons (Fsp3) is 0.571. The molecule has 3 nitrogen and oxygen atoms in total. The van der Waals surface area contributed by atoms with Crippen molar-refractivity contribution < 1.29 is 9.84 Å². The van der Waals surface area contributed by atoms with Gasteiger partial charge >= 0.3 is 0 Å². The Morgan fingerprint density at radius 1 is 1.29 bits per heavy atom. The van der Waals surface area contributed by atoms with E-state index in [1.807, 2.05) is 12.1 Å². The van der Waals surface area contributed by atoms with Crippen LogP contribution in [0.3, 0.4) is 0 Å². The van der Waals surface area contributed by atoms with Gasteiger partial charge in [-0.25, -0.2) is 0 Å². The predicted molar refractivity (Wildman–Crippen MR) is 69.3 cm³/mol. The predicted octanol–water partition coefficient (Wildman–Crippen LogP) is 2.36. The number of morpholine rings is 1. The highest BCUT2D eigenvalue weighted by Gasteiger charge is 2.27. The Balaban J connectivity index is 2.12. The average molecular weight is 235 g/mol. The number of ether oxygens (including phenoxy) is 1. The third-order valence-corrected chi connectivity index (χ3v) is 3.17. The molecule has 1 saturated heterocycles. The second-order valence-electron chi connectivity index (χ2n) is 5.30. The van der Waals surface area contributed by atoms with Crippen LogP contribution < -0.4 is 4.90 Å². The summed E-state index contributed by atoms with van der Waals surface area (Å²) in [5, 5.41) is 9.47. The molecular formula is C14H21NO2. The summed E-state index contributed by atoms with van der Waals surface area (Å²) in [6.45, 7) is 8.61. The van der Waals surface area contributed by atoms with Crippen molar-refractivity contribution in [3.05, 3.63) is 29.8 Å². The summed E-state index contributed by atoms with van der Waals surface area (Å²) in [6, 6.07) is 8.12. The molecule has 1 aromatic carbocycles. The molecule has 0 aliphatic carbocycles. The molecule has 0 bridgehead atoms. The molecule has 1 aliphatic rings. The fourth-order valence-corrected chi connectivity index (χ4v) is 2.20. The molecule has 0 aromatic heterocycles. The van der Waals surface area contributed by atoms with Gasteiger partial charge in [0.25, 0.3) is 0 Å². The first-order valence-electron chi connectivity index (χ1n) is 6.15. The monoisotopic (exact) mass is 235 g/mol. The summed E-state index contributed by atoms with van der Waals surface area (Å²) in [5.41, 5.74) is 2.08. The van der Waals surface area contributed by atoms with Crippen molar-refractivity contribution in [3.63, 3.8) is 0 Å². The highest BCUT2D eigenvalue weighted by molar-refractivity contribution is 5.48. The van der Waals surface area contributed by atoms with Gasteiger partial charge in [-0.05, 0) is 38.5 Å². The smallest absolute Gasteiger partial charge is 0.0801 e. The van der Waals surface area contributed by atoms with Gasteiger partial charge in [0.05, 0.1) is 18.3 Å². The lowest BCUT2D eigenvalue weighted by Crippen LogP contribution is -2.48. The Morgan fingerprint density at radius 2 is 1.94 bits per heavy atom. The van der Waals surface area contributed by atoms with E-state index in [1.54, 1.807) is 6.92 Å². The van der Waals surface area contributed by atoms with Gasteiger partial charge in [0.15, 0.2) is 0 Å². The lowest BCUT2D eigenvalue weighted by atomic mass is 10.1. The van der Waals surface area contributed by atoms with Crippen LogP contribution in [0.1, 0.15) is 32.4 Å². The largest absolute Gasteiger partial charge is 0.389 e. The lowest BCUT2D eigenvalue weighted by Gasteiger charge is -2.39. The van der Waals surface area contributed by atoms with Gasteiger partial charge < -0.3 is 14.7 Å². The van der Waals surface area contributed by atoms with E-state index in [0.717, 1.165) is 25.3 Å². The van der Waals surface area contributed by atoms with Crippen LogP contribution in [0.5, 0.6) is 0 Å². The SMILES string of the molecule is C[C@@H](O)c1ccc(N2CCOC(C)(C)C2)cc1. The molecule has 1 heterocycles. The molecular weight excluding hydrogens is 214 g/mol. The molecule has 1 aromatic rings. The van der Waals surface area contributed by atoms with Crippen molar-refractivity contribution in [2.24, 2.45) is 0 Å². The first kappa shape index (κ1) is 12.4. The zero-order valence-corrected chi connectivity index (χ0v) is 10.8. The molecule has 0 radical (unpaired) electrons. The number of aliphatic hydroxyl groups is 1. The van der Waals surface area contributed by atoms with Crippen molar-refractivity contribution in [3.8, 4) is 0 Å². The van der Waals surface area contributed by atoms with Gasteiger partial charge in [0, 0.05) is 18.8 Å². The Morgan fingerprint density at radius 3 is 2.47 bits per heavy atom. The van der Waals surface area contributed by atoms with E-state index in [2.05, 4.69) is 30.9 Å². The number of benzene rings is 1. The van der Waals surface area contributed by atoms with Crippen molar-refractivity contribution in [2.75, 3.05) is 24.6 Å². The van der Waals surface area contributed by atoms with Crippen molar-refractivity contribution in [1.29, 1.82) is 0 Å². The van der Waals surface area contributed by atoms with Crippen LogP contribution in [0.2, 0.25) is 0 Å². The summed E-state index contributed by atoms with van der Waals surface area (Å²) in [5.74, 6) is 0. The number of aliphatic hydroxyl groups excluding tert-OH is 1. The molecule has 1 aliphatic heterocycles. The van der Waals surface area contributed by atoms with Crippen LogP contribution in [0.25, 0.3) is 0 Å². The van der Waals surface area contributed by atoms with Crippen LogP contribution in [-0.4, -0.2) is 30.4 Å². The van der Waals surface area contributed by atoms with Crippen LogP contribution in [0.4, 0.5) is 5.69 Å². The second-order valence-corrected chi connectivity index (χ2v) is 5.30. The molecule has 94 valence electrons. The van der Waals surface area contributed by atoms with E-state index in [-0.39, 0.29) is 5.60 Å². The maximum atomic E-state index is 9.47. The Labute approximate surface area is 103 Å². The minimum absolute atomic E-state index is 0.0822. The minimum Gasteiger partial charge on any atom is -0.389 e. The highest BCUT2D eigenvalue weighted by Crippen LogP contribution is 2.24. The maximum absolute atomic E-state index is 9.47. The van der Waals surface area contributed by atoms with Gasteiger partial charge in [0.1, 0.15) is 0 Å². The van der Waals surface area contributed by atoms with E-state index in [4.69, 9.17) is 4.74 Å². The highest BCUT2D eigenvalue weighted by atomic mass is 16.5. The first-order chi connectivity index (χ1) is 7.98. The van der Waals surface area contributed by atoms with Crippen LogP contribution in [0, 0.1) is 0 Å². The summed E-state index contributed by atoms with van der Waals surface area (Å²) in [4.78, 5) is 2.33. The third-order valence-electron chi connectivity index (χ3n) is 3.17. The Kier molecular flexibility index (Phi) is 3.40. The molecule has 17 heavy (non-hydrogen) atoms. The summed E-state index contributed by atoms with van der Waals surface area (Å²) >= 11 is 0. The zero-order valence-electron chi connectivity index (χ0n) is 10.8. The molecule has 3 heteroatoms. The topological polar surface area (TPSA) is 32.7 Å². The number of hydrogen-bond acceptors (Lipinski definition) is 3. The molecule has 0 amide bonds. The fourth-order valence-electron chi connectivity index (χ4n) is 2.20. The number of rotatable bonds is 2. The van der Waals surface area contributed by atoms with Crippen LogP contribution in [0.15, 0.2) is 24.3 Å². The molecule has 0 spiro atoms. The second kappa shape index (κ2) is 4.67. The molecule has 1 fully saturated rings. The summed E-state index contributed by atoms with van der Waals surface area (Å²) in [7, 11) is 0. The minimum atomic E-state index is -0.398. The molecule has 0 saturated carbocycles. The van der Waals surface area contributed by atoms with Crippen LogP contribution in [-0.2, 0) is 4.74 Å². The quantitative estimate of drug-likeness (QED) is 0.854. The van der Waals surface area contributed by atoms with E-state index < -0.39 is 6.10 Å². The van der Waals surface area contributed by atoms with E-state index in [1.165, 1.54) is 5.69 Å². The third kappa shape index (κ3) is 2.99. The van der Waals surface area contributed by atoms with Crippen LogP contribution >= 0.6 is 0 Å². The molecule has 1 N–H and O–H groups in total. The maximum Gasteiger partial charge on any atom is 0.0801 e. The molecule has 2 rings (SSSR count). The van der Waals surface area contributed by atoms with Crippen molar-refractivity contribution in [2.45, 2.75) is 32.5 Å². The van der Waals surface area contributed by atoms with Gasteiger partial charge in [-0.1, -0.05) is 12.1 Å². The average Bonchev–Trinajstić information content (AvgIpc) is 2.28. The zero-order chi connectivity index (χ0) is 12.5. The first-order valence-corrected chi connectivity index (χ1v) is 6.15. The van der Waals surface area contributed by atoms with Gasteiger partial charge in [-0.15, -0.1) is 0 Å². The van der Waals surface area contributed by atoms with Crippen molar-refractivity contribution in [1.82, 2.24) is 0 Å². The van der Waals surface area contributed by atoms with E-state index >= 15 is 0 Å². The lowest BCUT2D eigenvalue weighted by molar-refractivity contribution is -0.0276. The Bertz CT molecular complexity index is 370. The van der Waals surface area contributed by atoms with E-state index in [0.29, 0.717) is 0 Å². The van der Waals surface area contributed by atoms with Crippen molar-refractivity contribution >= 4 is 5.69 Å². The standard InChI is InChI=1S/C14H21NO2/c1-11(16)12-4-6-13(7-5-12)15-8-9-17-14(2,3)10-15/h4-7,11,16H,8-10H2,1-3H3/t11-/m1/s1. The van der Waals surface area contributed by atoms with Gasteiger partial charge in [-0.3, -0.25) is 0 Å². The number of hydrogen-bond donors (Lipinski definition) is 1. The van der Waals surface area contributed by atoms with Gasteiger partial charge in [-0.2, -0.15) is 0 Å². The number of nitrogens with zero attached hydrogens (tertiary/aromatic N) is 1. The summed E-state index contributed by atoms with van der Waals surface area (Å²) in [6.07, 6.45) is -0.398. The molecule has 1 atom stereocenters. The molecule has 0 unspecified atom stereocenters.